The Morgan fingerprint density at radius 1 is 0.610 bits per heavy atom. The number of carbonyl (C=O) groups is 2. The number of hydrogen-bond donors (Lipinski definition) is 1. The van der Waals surface area contributed by atoms with E-state index < -0.39 is 5.97 Å². The average molecular weight is 583 g/mol. The smallest absolute Gasteiger partial charge is 0.351 e. The van der Waals surface area contributed by atoms with Crippen LogP contribution in [0.15, 0.2) is 109 Å². The molecule has 41 heavy (non-hydrogen) atoms. The second-order valence-corrected chi connectivity index (χ2v) is 11.0. The van der Waals surface area contributed by atoms with E-state index in [2.05, 4.69) is 0 Å². The van der Waals surface area contributed by atoms with Gasteiger partial charge in [-0.3, -0.25) is 0 Å². The summed E-state index contributed by atoms with van der Waals surface area (Å²) in [5.74, 6) is -0.248. The average Bonchev–Trinajstić information content (AvgIpc) is 3.59. The lowest BCUT2D eigenvalue weighted by Crippen LogP contribution is -2.02. The number of methoxy groups -OCH3 is 1. The summed E-state index contributed by atoms with van der Waals surface area (Å²) in [7, 11) is 1.38. The summed E-state index contributed by atoms with van der Waals surface area (Å²) >= 11 is 2.63. The van der Waals surface area contributed by atoms with Gasteiger partial charge in [0.25, 0.3) is 0 Å². The van der Waals surface area contributed by atoms with Crippen molar-refractivity contribution in [2.24, 2.45) is 0 Å². The summed E-state index contributed by atoms with van der Waals surface area (Å²) in [4.78, 5) is 24.0. The minimum atomic E-state index is -0.950. The van der Waals surface area contributed by atoms with Crippen LogP contribution in [0.25, 0.3) is 20.2 Å². The Bertz CT molecular complexity index is 1770. The lowest BCUT2D eigenvalue weighted by Gasteiger charge is -2.07. The van der Waals surface area contributed by atoms with E-state index >= 15 is 0 Å². The molecule has 0 aliphatic carbocycles. The number of esters is 1. The van der Waals surface area contributed by atoms with Crippen LogP contribution in [0.3, 0.4) is 0 Å². The maximum Gasteiger partial charge on any atom is 0.351 e. The first-order valence-electron chi connectivity index (χ1n) is 12.7. The summed E-state index contributed by atoms with van der Waals surface area (Å²) in [6.45, 7) is 0.785. The Morgan fingerprint density at radius 3 is 1.49 bits per heavy atom. The Balaban J connectivity index is 0.000000165. The van der Waals surface area contributed by atoms with E-state index in [0.29, 0.717) is 29.6 Å². The van der Waals surface area contributed by atoms with Crippen LogP contribution in [0.4, 0.5) is 0 Å². The molecule has 0 atom stereocenters. The van der Waals surface area contributed by atoms with E-state index in [1.807, 2.05) is 109 Å². The van der Waals surface area contributed by atoms with Gasteiger partial charge >= 0.3 is 11.9 Å². The molecule has 6 rings (SSSR count). The van der Waals surface area contributed by atoms with Crippen molar-refractivity contribution in [1.29, 1.82) is 0 Å². The summed E-state index contributed by atoms with van der Waals surface area (Å²) in [5.41, 5.74) is 2.07. The second-order valence-electron chi connectivity index (χ2n) is 8.86. The quantitative estimate of drug-likeness (QED) is 0.181. The van der Waals surface area contributed by atoms with Gasteiger partial charge in [-0.1, -0.05) is 84.9 Å². The zero-order valence-electron chi connectivity index (χ0n) is 22.1. The van der Waals surface area contributed by atoms with Gasteiger partial charge in [-0.2, -0.15) is 0 Å². The lowest BCUT2D eigenvalue weighted by molar-refractivity contribution is 0.0601. The van der Waals surface area contributed by atoms with Crippen molar-refractivity contribution in [3.8, 4) is 11.5 Å². The Morgan fingerprint density at radius 2 is 1.02 bits per heavy atom. The number of thiophene rings is 2. The van der Waals surface area contributed by atoms with Gasteiger partial charge in [-0.25, -0.2) is 9.59 Å². The molecule has 6 aromatic rings. The van der Waals surface area contributed by atoms with Gasteiger partial charge in [-0.05, 0) is 35.4 Å². The fourth-order valence-electron chi connectivity index (χ4n) is 4.16. The van der Waals surface area contributed by atoms with Gasteiger partial charge in [-0.15, -0.1) is 22.7 Å². The van der Waals surface area contributed by atoms with Crippen LogP contribution in [-0.4, -0.2) is 24.2 Å². The number of hydrogen-bond acceptors (Lipinski definition) is 7. The molecule has 206 valence electrons. The topological polar surface area (TPSA) is 82.1 Å². The molecule has 0 aliphatic heterocycles. The minimum absolute atomic E-state index is 0.252. The summed E-state index contributed by atoms with van der Waals surface area (Å²) in [6.07, 6.45) is 0. The van der Waals surface area contributed by atoms with Crippen LogP contribution in [0, 0.1) is 0 Å². The van der Waals surface area contributed by atoms with Gasteiger partial charge in [0.2, 0.25) is 0 Å². The van der Waals surface area contributed by atoms with Crippen molar-refractivity contribution in [3.63, 3.8) is 0 Å². The number of carboxylic acids is 1. The van der Waals surface area contributed by atoms with Gasteiger partial charge < -0.3 is 19.3 Å². The monoisotopic (exact) mass is 582 g/mol. The van der Waals surface area contributed by atoms with Crippen molar-refractivity contribution in [2.45, 2.75) is 13.2 Å². The lowest BCUT2D eigenvalue weighted by atomic mass is 10.2. The minimum Gasteiger partial charge on any atom is -0.486 e. The van der Waals surface area contributed by atoms with Crippen LogP contribution in [0.5, 0.6) is 11.5 Å². The largest absolute Gasteiger partial charge is 0.486 e. The Hall–Kier alpha value is -4.66. The zero-order chi connectivity index (χ0) is 28.6. The molecule has 0 saturated heterocycles. The summed E-state index contributed by atoms with van der Waals surface area (Å²) < 4.78 is 18.5. The van der Waals surface area contributed by atoms with Crippen molar-refractivity contribution >= 4 is 54.8 Å². The highest BCUT2D eigenvalue weighted by molar-refractivity contribution is 7.21. The van der Waals surface area contributed by atoms with Crippen molar-refractivity contribution in [2.75, 3.05) is 7.11 Å². The highest BCUT2D eigenvalue weighted by atomic mass is 32.1. The van der Waals surface area contributed by atoms with Crippen LogP contribution < -0.4 is 9.47 Å². The normalized spacial score (nSPS) is 10.6. The van der Waals surface area contributed by atoms with Crippen molar-refractivity contribution < 1.29 is 28.9 Å². The number of benzene rings is 4. The fraction of sp³-hybridized carbons (Fsp3) is 0.0909. The number of carbonyl (C=O) groups excluding carboxylic acids is 1. The van der Waals surface area contributed by atoms with Crippen molar-refractivity contribution in [1.82, 2.24) is 0 Å². The first kappa shape index (κ1) is 27.9. The van der Waals surface area contributed by atoms with Gasteiger partial charge in [0, 0.05) is 20.2 Å². The molecule has 0 bridgehead atoms. The molecule has 0 radical (unpaired) electrons. The SMILES string of the molecule is COC(=O)c1sc2ccccc2c1OCc1ccccc1.O=C(O)c1sc2ccccc2c1OCc1ccccc1. The first-order chi connectivity index (χ1) is 20.0. The summed E-state index contributed by atoms with van der Waals surface area (Å²) in [6, 6.07) is 35.0. The molecule has 2 aromatic heterocycles. The number of rotatable bonds is 8. The fourth-order valence-corrected chi connectivity index (χ4v) is 6.21. The molecule has 2 heterocycles. The van der Waals surface area contributed by atoms with E-state index in [-0.39, 0.29) is 10.8 Å². The zero-order valence-corrected chi connectivity index (χ0v) is 23.7. The van der Waals surface area contributed by atoms with E-state index in [1.165, 1.54) is 29.8 Å². The van der Waals surface area contributed by atoms with E-state index in [1.54, 1.807) is 0 Å². The molecule has 0 fully saturated rings. The van der Waals surface area contributed by atoms with Crippen LogP contribution in [-0.2, 0) is 18.0 Å². The number of fused-ring (bicyclic) bond motifs is 2. The third-order valence-corrected chi connectivity index (χ3v) is 8.39. The molecule has 0 unspecified atom stereocenters. The van der Waals surface area contributed by atoms with Crippen LogP contribution in [0.2, 0.25) is 0 Å². The second kappa shape index (κ2) is 13.1. The molecule has 0 aliphatic rings. The molecule has 6 nitrogen and oxygen atoms in total. The highest BCUT2D eigenvalue weighted by Crippen LogP contribution is 2.39. The Kier molecular flexibility index (Phi) is 8.93. The van der Waals surface area contributed by atoms with E-state index in [0.717, 1.165) is 31.3 Å². The van der Waals surface area contributed by atoms with Crippen LogP contribution in [0.1, 0.15) is 30.5 Å². The highest BCUT2D eigenvalue weighted by Gasteiger charge is 2.21. The van der Waals surface area contributed by atoms with Gasteiger partial charge in [0.15, 0.2) is 21.3 Å². The third kappa shape index (κ3) is 6.57. The first-order valence-corrected chi connectivity index (χ1v) is 14.4. The molecule has 0 saturated carbocycles. The molecule has 8 heteroatoms. The van der Waals surface area contributed by atoms with Crippen LogP contribution >= 0.6 is 22.7 Å². The van der Waals surface area contributed by atoms with E-state index in [4.69, 9.17) is 14.2 Å². The number of aromatic carboxylic acids is 1. The van der Waals surface area contributed by atoms with Gasteiger partial charge in [0.05, 0.1) is 7.11 Å². The third-order valence-electron chi connectivity index (χ3n) is 6.12. The molecule has 4 aromatic carbocycles. The summed E-state index contributed by atoms with van der Waals surface area (Å²) in [5, 5.41) is 11.1. The molecule has 0 amide bonds. The van der Waals surface area contributed by atoms with Gasteiger partial charge in [0.1, 0.15) is 13.2 Å². The number of ether oxygens (including phenoxy) is 3. The van der Waals surface area contributed by atoms with E-state index in [9.17, 15) is 14.7 Å². The predicted molar refractivity (Wildman–Crippen MR) is 163 cm³/mol. The molecule has 0 spiro atoms. The maximum absolute atomic E-state index is 11.9. The molecular formula is C33H26O6S2. The number of carboxylic acid groups (broad SMARTS) is 1. The molecular weight excluding hydrogens is 556 g/mol. The van der Waals surface area contributed by atoms with Crippen molar-refractivity contribution in [3.05, 3.63) is 130 Å². The standard InChI is InChI=1S/C17H14O3S.C16H12O3S/c1-19-17(18)16-15(13-9-5-6-10-14(13)21-16)20-11-12-7-3-2-4-8-12;17-16(18)15-14(12-8-4-5-9-13(12)20-15)19-10-11-6-2-1-3-7-11/h2-10H,11H2,1H3;1-9H,10H2,(H,17,18). The molecule has 1 N–H and O–H groups in total. The predicted octanol–water partition coefficient (Wildman–Crippen LogP) is 8.45. The maximum atomic E-state index is 11.9. The Labute approximate surface area is 245 Å².